The highest BCUT2D eigenvalue weighted by Gasteiger charge is 2.17. The number of carbonyl (C=O) groups is 2. The topological polar surface area (TPSA) is 85.6 Å². The maximum absolute atomic E-state index is 12.6. The molecule has 0 saturated carbocycles. The zero-order valence-corrected chi connectivity index (χ0v) is 17.6. The zero-order valence-electron chi connectivity index (χ0n) is 17.6. The van der Waals surface area contributed by atoms with Gasteiger partial charge in [0.1, 0.15) is 16.9 Å². The Morgan fingerprint density at radius 2 is 1.72 bits per heavy atom. The van der Waals surface area contributed by atoms with Gasteiger partial charge in [-0.1, -0.05) is 48.0 Å². The van der Waals surface area contributed by atoms with Crippen molar-refractivity contribution < 1.29 is 18.7 Å². The minimum Gasteiger partial charge on any atom is -0.423 e. The number of hydrogen-bond acceptors (Lipinski definition) is 5. The van der Waals surface area contributed by atoms with Gasteiger partial charge in [-0.2, -0.15) is 0 Å². The third-order valence-corrected chi connectivity index (χ3v) is 5.06. The van der Waals surface area contributed by atoms with E-state index in [2.05, 4.69) is 5.32 Å². The summed E-state index contributed by atoms with van der Waals surface area (Å²) in [7, 11) is 0. The monoisotopic (exact) mass is 427 g/mol. The standard InChI is InChI=1S/C26H21NO5/c1-16-7-6-10-20(13-16)25(29)31-21-12-11-19-14-22(26(30)32-23(19)15-21)24(28)27-17(2)18-8-4-3-5-9-18/h3-15,17H,1-2H3,(H,27,28). The molecule has 1 amide bonds. The highest BCUT2D eigenvalue weighted by atomic mass is 16.5. The number of nitrogens with one attached hydrogen (secondary N) is 1. The molecule has 4 rings (SSSR count). The first-order valence-electron chi connectivity index (χ1n) is 10.1. The van der Waals surface area contributed by atoms with E-state index in [9.17, 15) is 14.4 Å². The van der Waals surface area contributed by atoms with Crippen LogP contribution in [0.3, 0.4) is 0 Å². The summed E-state index contributed by atoms with van der Waals surface area (Å²) in [5.74, 6) is -0.796. The first kappa shape index (κ1) is 21.1. The molecule has 1 aromatic heterocycles. The third-order valence-electron chi connectivity index (χ3n) is 5.06. The van der Waals surface area contributed by atoms with Crippen LogP contribution in [-0.4, -0.2) is 11.9 Å². The molecule has 0 fully saturated rings. The van der Waals surface area contributed by atoms with E-state index in [-0.39, 0.29) is 22.9 Å². The number of amides is 1. The lowest BCUT2D eigenvalue weighted by molar-refractivity contribution is 0.0734. The Labute approximate surface area is 184 Å². The average molecular weight is 427 g/mol. The predicted molar refractivity (Wildman–Crippen MR) is 121 cm³/mol. The molecule has 1 unspecified atom stereocenters. The number of carbonyl (C=O) groups excluding carboxylic acids is 2. The maximum Gasteiger partial charge on any atom is 0.349 e. The van der Waals surface area contributed by atoms with Crippen molar-refractivity contribution in [2.24, 2.45) is 0 Å². The van der Waals surface area contributed by atoms with E-state index >= 15 is 0 Å². The number of aryl methyl sites for hydroxylation is 1. The number of hydrogen-bond donors (Lipinski definition) is 1. The summed E-state index contributed by atoms with van der Waals surface area (Å²) in [5.41, 5.74) is 1.65. The van der Waals surface area contributed by atoms with Gasteiger partial charge < -0.3 is 14.5 Å². The molecule has 6 nitrogen and oxygen atoms in total. The van der Waals surface area contributed by atoms with Crippen LogP contribution in [0.5, 0.6) is 5.75 Å². The number of rotatable bonds is 5. The fraction of sp³-hybridized carbons (Fsp3) is 0.115. The van der Waals surface area contributed by atoms with Gasteiger partial charge in [0.05, 0.1) is 11.6 Å². The molecular formula is C26H21NO5. The van der Waals surface area contributed by atoms with Crippen molar-refractivity contribution in [3.63, 3.8) is 0 Å². The Balaban J connectivity index is 1.55. The van der Waals surface area contributed by atoms with E-state index in [1.54, 1.807) is 30.3 Å². The van der Waals surface area contributed by atoms with Crippen molar-refractivity contribution in [3.05, 3.63) is 112 Å². The minimum absolute atomic E-state index is 0.0928. The van der Waals surface area contributed by atoms with Gasteiger partial charge in [-0.3, -0.25) is 4.79 Å². The first-order valence-corrected chi connectivity index (χ1v) is 10.1. The molecule has 0 aliphatic carbocycles. The lowest BCUT2D eigenvalue weighted by Gasteiger charge is -2.14. The summed E-state index contributed by atoms with van der Waals surface area (Å²) in [4.78, 5) is 37.5. The number of esters is 1. The molecule has 0 radical (unpaired) electrons. The summed E-state index contributed by atoms with van der Waals surface area (Å²) in [6, 6.07) is 22.4. The quantitative estimate of drug-likeness (QED) is 0.281. The molecule has 6 heteroatoms. The van der Waals surface area contributed by atoms with Gasteiger partial charge in [-0.15, -0.1) is 0 Å². The summed E-state index contributed by atoms with van der Waals surface area (Å²) in [5, 5.41) is 3.35. The van der Waals surface area contributed by atoms with Crippen molar-refractivity contribution in [3.8, 4) is 5.75 Å². The molecule has 32 heavy (non-hydrogen) atoms. The molecule has 1 N–H and O–H groups in total. The van der Waals surface area contributed by atoms with Crippen LogP contribution in [0.1, 0.15) is 44.8 Å². The van der Waals surface area contributed by atoms with Crippen molar-refractivity contribution in [2.45, 2.75) is 19.9 Å². The largest absolute Gasteiger partial charge is 0.423 e. The van der Waals surface area contributed by atoms with E-state index < -0.39 is 17.5 Å². The highest BCUT2D eigenvalue weighted by Crippen LogP contribution is 2.22. The average Bonchev–Trinajstić information content (AvgIpc) is 2.79. The normalized spacial score (nSPS) is 11.7. The second kappa shape index (κ2) is 8.89. The van der Waals surface area contributed by atoms with E-state index in [0.717, 1.165) is 11.1 Å². The highest BCUT2D eigenvalue weighted by molar-refractivity contribution is 5.97. The second-order valence-electron chi connectivity index (χ2n) is 7.51. The van der Waals surface area contributed by atoms with Crippen molar-refractivity contribution in [1.29, 1.82) is 0 Å². The van der Waals surface area contributed by atoms with Gasteiger partial charge in [0.15, 0.2) is 0 Å². The van der Waals surface area contributed by atoms with Crippen LogP contribution in [0, 0.1) is 6.92 Å². The molecule has 1 heterocycles. The summed E-state index contributed by atoms with van der Waals surface area (Å²) in [6.07, 6.45) is 0. The van der Waals surface area contributed by atoms with Crippen LogP contribution in [-0.2, 0) is 0 Å². The smallest absolute Gasteiger partial charge is 0.349 e. The zero-order chi connectivity index (χ0) is 22.7. The molecule has 1 atom stereocenters. The Morgan fingerprint density at radius 3 is 2.47 bits per heavy atom. The van der Waals surface area contributed by atoms with Crippen LogP contribution in [0.15, 0.2) is 88.1 Å². The minimum atomic E-state index is -0.766. The summed E-state index contributed by atoms with van der Waals surface area (Å²) < 4.78 is 10.7. The number of fused-ring (bicyclic) bond motifs is 1. The molecule has 0 spiro atoms. The summed E-state index contributed by atoms with van der Waals surface area (Å²) >= 11 is 0. The molecule has 160 valence electrons. The van der Waals surface area contributed by atoms with Gasteiger partial charge >= 0.3 is 11.6 Å². The second-order valence-corrected chi connectivity index (χ2v) is 7.51. The Morgan fingerprint density at radius 1 is 0.938 bits per heavy atom. The van der Waals surface area contributed by atoms with Gasteiger partial charge in [0, 0.05) is 11.5 Å². The fourth-order valence-electron chi connectivity index (χ4n) is 3.35. The molecule has 4 aromatic rings. The van der Waals surface area contributed by atoms with Crippen molar-refractivity contribution in [2.75, 3.05) is 0 Å². The van der Waals surface area contributed by atoms with E-state index in [0.29, 0.717) is 10.9 Å². The van der Waals surface area contributed by atoms with Crippen LogP contribution >= 0.6 is 0 Å². The van der Waals surface area contributed by atoms with E-state index in [1.807, 2.05) is 50.2 Å². The van der Waals surface area contributed by atoms with Crippen LogP contribution in [0.4, 0.5) is 0 Å². The number of benzene rings is 3. The van der Waals surface area contributed by atoms with Crippen LogP contribution in [0.25, 0.3) is 11.0 Å². The molecule has 3 aromatic carbocycles. The van der Waals surface area contributed by atoms with Gasteiger partial charge in [0.25, 0.3) is 5.91 Å². The van der Waals surface area contributed by atoms with Gasteiger partial charge in [-0.05, 0) is 49.7 Å². The molecule has 0 bridgehead atoms. The van der Waals surface area contributed by atoms with Gasteiger partial charge in [-0.25, -0.2) is 9.59 Å². The fourth-order valence-corrected chi connectivity index (χ4v) is 3.35. The third kappa shape index (κ3) is 4.59. The van der Waals surface area contributed by atoms with Crippen LogP contribution < -0.4 is 15.7 Å². The predicted octanol–water partition coefficient (Wildman–Crippen LogP) is 4.81. The van der Waals surface area contributed by atoms with Gasteiger partial charge in [0.2, 0.25) is 0 Å². The molecule has 0 aliphatic heterocycles. The van der Waals surface area contributed by atoms with E-state index in [4.69, 9.17) is 9.15 Å². The molecular weight excluding hydrogens is 406 g/mol. The molecule has 0 saturated heterocycles. The molecule has 0 aliphatic rings. The van der Waals surface area contributed by atoms with Crippen molar-refractivity contribution >= 4 is 22.8 Å². The Bertz CT molecular complexity index is 1360. The SMILES string of the molecule is Cc1cccc(C(=O)Oc2ccc3cc(C(=O)NC(C)c4ccccc4)c(=O)oc3c2)c1. The first-order chi connectivity index (χ1) is 15.4. The summed E-state index contributed by atoms with van der Waals surface area (Å²) in [6.45, 7) is 3.72. The lowest BCUT2D eigenvalue weighted by atomic mass is 10.1. The Hall–Kier alpha value is -4.19. The van der Waals surface area contributed by atoms with E-state index in [1.165, 1.54) is 12.1 Å². The lowest BCUT2D eigenvalue weighted by Crippen LogP contribution is -2.30. The maximum atomic E-state index is 12.6. The number of ether oxygens (including phenoxy) is 1. The van der Waals surface area contributed by atoms with Crippen LogP contribution in [0.2, 0.25) is 0 Å². The Kier molecular flexibility index (Phi) is 5.85. The van der Waals surface area contributed by atoms with Crippen molar-refractivity contribution in [1.82, 2.24) is 5.32 Å².